The van der Waals surface area contributed by atoms with Crippen LogP contribution in [-0.4, -0.2) is 0 Å². The molecule has 0 saturated heterocycles. The molecule has 3 rings (SSSR count). The van der Waals surface area contributed by atoms with E-state index >= 15 is 0 Å². The molecule has 0 radical (unpaired) electrons. The maximum Gasteiger partial charge on any atom is 0.200 e. The van der Waals surface area contributed by atoms with Gasteiger partial charge >= 0.3 is 0 Å². The Morgan fingerprint density at radius 1 is 0.900 bits per heavy atom. The van der Waals surface area contributed by atoms with E-state index in [2.05, 4.69) is 0 Å². The first kappa shape index (κ1) is 12.1. The standard InChI is InChI=1S/C15H13N3O2/c16-9-2-4-14-10(6-9)15(19)11(7-20-14)8-1-3-12(17)13(18)5-8/h1-7H,16-18H2. The van der Waals surface area contributed by atoms with Gasteiger partial charge in [0.1, 0.15) is 11.8 Å². The minimum absolute atomic E-state index is 0.150. The van der Waals surface area contributed by atoms with Gasteiger partial charge in [-0.2, -0.15) is 0 Å². The van der Waals surface area contributed by atoms with Crippen LogP contribution in [0, 0.1) is 0 Å². The topological polar surface area (TPSA) is 108 Å². The van der Waals surface area contributed by atoms with Crippen LogP contribution in [0.3, 0.4) is 0 Å². The van der Waals surface area contributed by atoms with Crippen LogP contribution in [0.1, 0.15) is 0 Å². The van der Waals surface area contributed by atoms with Gasteiger partial charge in [0.15, 0.2) is 0 Å². The van der Waals surface area contributed by atoms with Crippen molar-refractivity contribution >= 4 is 28.0 Å². The summed E-state index contributed by atoms with van der Waals surface area (Å²) < 4.78 is 5.48. The molecule has 0 saturated carbocycles. The van der Waals surface area contributed by atoms with Crippen LogP contribution in [0.15, 0.2) is 51.9 Å². The molecule has 5 nitrogen and oxygen atoms in total. The van der Waals surface area contributed by atoms with E-state index in [4.69, 9.17) is 21.6 Å². The Labute approximate surface area is 114 Å². The fourth-order valence-electron chi connectivity index (χ4n) is 2.09. The normalized spacial score (nSPS) is 10.8. The van der Waals surface area contributed by atoms with E-state index in [0.717, 1.165) is 0 Å². The predicted molar refractivity (Wildman–Crippen MR) is 81.2 cm³/mol. The molecule has 0 bridgehead atoms. The van der Waals surface area contributed by atoms with Gasteiger partial charge in [-0.15, -0.1) is 0 Å². The van der Waals surface area contributed by atoms with E-state index in [1.54, 1.807) is 36.4 Å². The molecule has 3 aromatic rings. The molecule has 0 aliphatic rings. The first-order valence-corrected chi connectivity index (χ1v) is 6.02. The van der Waals surface area contributed by atoms with E-state index in [1.165, 1.54) is 6.26 Å². The highest BCUT2D eigenvalue weighted by Gasteiger charge is 2.10. The lowest BCUT2D eigenvalue weighted by molar-refractivity contribution is 0.604. The summed E-state index contributed by atoms with van der Waals surface area (Å²) in [5.41, 5.74) is 20.0. The second-order valence-electron chi connectivity index (χ2n) is 4.58. The number of anilines is 3. The van der Waals surface area contributed by atoms with Crippen LogP contribution >= 0.6 is 0 Å². The minimum Gasteiger partial charge on any atom is -0.463 e. The Morgan fingerprint density at radius 3 is 2.45 bits per heavy atom. The van der Waals surface area contributed by atoms with Gasteiger partial charge in [-0.05, 0) is 35.9 Å². The van der Waals surface area contributed by atoms with Crippen LogP contribution in [0.4, 0.5) is 17.1 Å². The van der Waals surface area contributed by atoms with Crippen LogP contribution in [0.5, 0.6) is 0 Å². The fourth-order valence-corrected chi connectivity index (χ4v) is 2.09. The Bertz CT molecular complexity index is 869. The molecule has 0 aliphatic carbocycles. The molecule has 6 N–H and O–H groups in total. The van der Waals surface area contributed by atoms with Crippen molar-refractivity contribution in [1.29, 1.82) is 0 Å². The summed E-state index contributed by atoms with van der Waals surface area (Å²) in [5, 5.41) is 0.442. The molecule has 1 aromatic heterocycles. The van der Waals surface area contributed by atoms with Gasteiger partial charge in [0, 0.05) is 5.69 Å². The fraction of sp³-hybridized carbons (Fsp3) is 0. The van der Waals surface area contributed by atoms with E-state index in [9.17, 15) is 4.79 Å². The molecule has 0 spiro atoms. The van der Waals surface area contributed by atoms with Crippen molar-refractivity contribution in [3.8, 4) is 11.1 Å². The number of rotatable bonds is 1. The smallest absolute Gasteiger partial charge is 0.200 e. The maximum absolute atomic E-state index is 12.5. The number of benzene rings is 2. The quantitative estimate of drug-likeness (QED) is 0.586. The monoisotopic (exact) mass is 267 g/mol. The first-order valence-electron chi connectivity index (χ1n) is 6.02. The van der Waals surface area contributed by atoms with Crippen LogP contribution in [0.2, 0.25) is 0 Å². The highest BCUT2D eigenvalue weighted by atomic mass is 16.3. The zero-order valence-corrected chi connectivity index (χ0v) is 10.6. The van der Waals surface area contributed by atoms with E-state index in [1.807, 2.05) is 0 Å². The van der Waals surface area contributed by atoms with Gasteiger partial charge in [-0.25, -0.2) is 0 Å². The average molecular weight is 267 g/mol. The predicted octanol–water partition coefficient (Wildman–Crippen LogP) is 2.21. The SMILES string of the molecule is Nc1ccc2occ(-c3ccc(N)c(N)c3)c(=O)c2c1. The Hall–Kier alpha value is -2.95. The number of hydrogen-bond donors (Lipinski definition) is 3. The van der Waals surface area contributed by atoms with Crippen molar-refractivity contribution in [2.75, 3.05) is 17.2 Å². The van der Waals surface area contributed by atoms with Gasteiger partial charge < -0.3 is 21.6 Å². The number of nitrogen functional groups attached to an aromatic ring is 3. The molecule has 0 atom stereocenters. The Balaban J connectivity index is 2.29. The van der Waals surface area contributed by atoms with Crippen molar-refractivity contribution < 1.29 is 4.42 Å². The molecule has 100 valence electrons. The molecular weight excluding hydrogens is 254 g/mol. The Morgan fingerprint density at radius 2 is 1.70 bits per heavy atom. The lowest BCUT2D eigenvalue weighted by atomic mass is 10.0. The second-order valence-corrected chi connectivity index (χ2v) is 4.58. The van der Waals surface area contributed by atoms with Gasteiger partial charge in [0.05, 0.1) is 22.3 Å². The highest BCUT2D eigenvalue weighted by Crippen LogP contribution is 2.25. The molecule has 0 amide bonds. The molecule has 0 unspecified atom stereocenters. The van der Waals surface area contributed by atoms with E-state index in [0.29, 0.717) is 39.2 Å². The minimum atomic E-state index is -0.150. The molecule has 0 fully saturated rings. The molecule has 1 heterocycles. The van der Waals surface area contributed by atoms with Crippen LogP contribution < -0.4 is 22.6 Å². The van der Waals surface area contributed by atoms with Crippen molar-refractivity contribution in [2.45, 2.75) is 0 Å². The molecule has 2 aromatic carbocycles. The number of hydrogen-bond acceptors (Lipinski definition) is 5. The van der Waals surface area contributed by atoms with Gasteiger partial charge in [-0.1, -0.05) is 6.07 Å². The van der Waals surface area contributed by atoms with Crippen molar-refractivity contribution in [1.82, 2.24) is 0 Å². The average Bonchev–Trinajstić information content (AvgIpc) is 2.43. The summed E-state index contributed by atoms with van der Waals surface area (Å²) in [5.74, 6) is 0. The van der Waals surface area contributed by atoms with Crippen molar-refractivity contribution in [3.05, 3.63) is 52.9 Å². The summed E-state index contributed by atoms with van der Waals surface area (Å²) in [6, 6.07) is 10.0. The van der Waals surface area contributed by atoms with Crippen molar-refractivity contribution in [2.24, 2.45) is 0 Å². The summed E-state index contributed by atoms with van der Waals surface area (Å²) in [7, 11) is 0. The Kier molecular flexibility index (Phi) is 2.61. The molecule has 0 aliphatic heterocycles. The number of nitrogens with two attached hydrogens (primary N) is 3. The van der Waals surface area contributed by atoms with Gasteiger partial charge in [0.25, 0.3) is 0 Å². The zero-order valence-electron chi connectivity index (χ0n) is 10.6. The number of fused-ring (bicyclic) bond motifs is 1. The van der Waals surface area contributed by atoms with Gasteiger partial charge in [-0.3, -0.25) is 4.79 Å². The summed E-state index contributed by atoms with van der Waals surface area (Å²) in [6.07, 6.45) is 1.42. The molecule has 20 heavy (non-hydrogen) atoms. The van der Waals surface area contributed by atoms with Crippen LogP contribution in [-0.2, 0) is 0 Å². The largest absolute Gasteiger partial charge is 0.463 e. The maximum atomic E-state index is 12.5. The van der Waals surface area contributed by atoms with Gasteiger partial charge in [0.2, 0.25) is 5.43 Å². The van der Waals surface area contributed by atoms with E-state index < -0.39 is 0 Å². The third kappa shape index (κ3) is 1.85. The lowest BCUT2D eigenvalue weighted by Gasteiger charge is -2.06. The van der Waals surface area contributed by atoms with Crippen molar-refractivity contribution in [3.63, 3.8) is 0 Å². The van der Waals surface area contributed by atoms with E-state index in [-0.39, 0.29) is 5.43 Å². The highest BCUT2D eigenvalue weighted by molar-refractivity contribution is 5.85. The summed E-state index contributed by atoms with van der Waals surface area (Å²) in [4.78, 5) is 12.5. The molecule has 5 heteroatoms. The lowest BCUT2D eigenvalue weighted by Crippen LogP contribution is -2.06. The zero-order chi connectivity index (χ0) is 14.3. The molecular formula is C15H13N3O2. The third-order valence-electron chi connectivity index (χ3n) is 3.19. The summed E-state index contributed by atoms with van der Waals surface area (Å²) >= 11 is 0. The first-order chi connectivity index (χ1) is 9.56. The second kappa shape index (κ2) is 4.31. The van der Waals surface area contributed by atoms with Crippen LogP contribution in [0.25, 0.3) is 22.1 Å². The third-order valence-corrected chi connectivity index (χ3v) is 3.19. The summed E-state index contributed by atoms with van der Waals surface area (Å²) in [6.45, 7) is 0.